The van der Waals surface area contributed by atoms with Crippen molar-refractivity contribution in [2.45, 2.75) is 43.7 Å². The summed E-state index contributed by atoms with van der Waals surface area (Å²) in [7, 11) is -2.11. The molecule has 0 bridgehead atoms. The van der Waals surface area contributed by atoms with E-state index in [4.69, 9.17) is 4.74 Å². The molecule has 2 heterocycles. The Kier molecular flexibility index (Phi) is 7.49. The van der Waals surface area contributed by atoms with Gasteiger partial charge in [-0.05, 0) is 61.7 Å². The van der Waals surface area contributed by atoms with Gasteiger partial charge in [-0.2, -0.15) is 9.30 Å². The smallest absolute Gasteiger partial charge is 0.279 e. The van der Waals surface area contributed by atoms with E-state index >= 15 is 0 Å². The van der Waals surface area contributed by atoms with Gasteiger partial charge in [0.05, 0.1) is 21.2 Å². The van der Waals surface area contributed by atoms with Gasteiger partial charge in [-0.25, -0.2) is 8.42 Å². The molecule has 33 heavy (non-hydrogen) atoms. The second-order valence-electron chi connectivity index (χ2n) is 8.01. The summed E-state index contributed by atoms with van der Waals surface area (Å²) in [4.78, 5) is 18.0. The van der Waals surface area contributed by atoms with E-state index < -0.39 is 15.9 Å². The maximum atomic E-state index is 12.9. The largest absolute Gasteiger partial charge is 0.377 e. The highest BCUT2D eigenvalue weighted by Gasteiger charge is 2.26. The highest BCUT2D eigenvalue weighted by atomic mass is 79.9. The molecule has 0 N–H and O–H groups in total. The SMILES string of the molecule is CCCn1c(=NC(=O)c2ccc(S(=O)(=O)N(C)CC3CCCO3)cc2)sc2cc(Br)ccc21. The molecule has 1 aliphatic rings. The molecule has 3 aromatic rings. The molecule has 1 amide bonds. The van der Waals surface area contributed by atoms with E-state index in [0.29, 0.717) is 23.5 Å². The Morgan fingerprint density at radius 2 is 2.03 bits per heavy atom. The van der Waals surface area contributed by atoms with Crippen LogP contribution in [0, 0.1) is 0 Å². The molecular weight excluding hydrogens is 526 g/mol. The number of aromatic nitrogens is 1. The lowest BCUT2D eigenvalue weighted by molar-refractivity contribution is 0.0979. The van der Waals surface area contributed by atoms with Crippen LogP contribution in [0.3, 0.4) is 0 Å². The summed E-state index contributed by atoms with van der Waals surface area (Å²) in [6, 6.07) is 12.0. The van der Waals surface area contributed by atoms with Crippen molar-refractivity contribution in [3.8, 4) is 0 Å². The first-order valence-corrected chi connectivity index (χ1v) is 13.9. The minimum absolute atomic E-state index is 0.0684. The van der Waals surface area contributed by atoms with Gasteiger partial charge in [0.15, 0.2) is 4.80 Å². The number of thiazole rings is 1. The number of carbonyl (C=O) groups excluding carboxylic acids is 1. The summed E-state index contributed by atoms with van der Waals surface area (Å²) in [6.45, 7) is 3.82. The van der Waals surface area contributed by atoms with Gasteiger partial charge in [0.25, 0.3) is 5.91 Å². The van der Waals surface area contributed by atoms with Crippen LogP contribution >= 0.6 is 27.3 Å². The summed E-state index contributed by atoms with van der Waals surface area (Å²) in [5, 5.41) is 0. The topological polar surface area (TPSA) is 81.0 Å². The number of hydrogen-bond acceptors (Lipinski definition) is 5. The summed E-state index contributed by atoms with van der Waals surface area (Å²) < 4.78 is 36.7. The molecule has 1 aromatic heterocycles. The lowest BCUT2D eigenvalue weighted by Crippen LogP contribution is -2.34. The number of hydrogen-bond donors (Lipinski definition) is 0. The van der Waals surface area contributed by atoms with Crippen molar-refractivity contribution in [2.24, 2.45) is 4.99 Å². The quantitative estimate of drug-likeness (QED) is 0.435. The Labute approximate surface area is 205 Å². The zero-order valence-corrected chi connectivity index (χ0v) is 21.7. The minimum atomic E-state index is -3.66. The van der Waals surface area contributed by atoms with Gasteiger partial charge in [-0.3, -0.25) is 4.79 Å². The summed E-state index contributed by atoms with van der Waals surface area (Å²) in [6.07, 6.45) is 2.66. The highest BCUT2D eigenvalue weighted by molar-refractivity contribution is 9.10. The van der Waals surface area contributed by atoms with Gasteiger partial charge in [-0.1, -0.05) is 34.2 Å². The molecule has 1 saturated heterocycles. The average Bonchev–Trinajstić information content (AvgIpc) is 3.42. The Morgan fingerprint density at radius 1 is 1.27 bits per heavy atom. The number of carbonyl (C=O) groups is 1. The van der Waals surface area contributed by atoms with E-state index in [1.165, 1.54) is 39.9 Å². The molecule has 1 fully saturated rings. The van der Waals surface area contributed by atoms with Crippen molar-refractivity contribution in [2.75, 3.05) is 20.2 Å². The zero-order valence-electron chi connectivity index (χ0n) is 18.5. The fraction of sp³-hybridized carbons (Fsp3) is 0.391. The highest BCUT2D eigenvalue weighted by Crippen LogP contribution is 2.23. The van der Waals surface area contributed by atoms with Crippen LogP contribution in [0.2, 0.25) is 0 Å². The van der Waals surface area contributed by atoms with Crippen molar-refractivity contribution in [3.05, 3.63) is 57.3 Å². The van der Waals surface area contributed by atoms with Crippen LogP contribution in [0.15, 0.2) is 56.8 Å². The fourth-order valence-electron chi connectivity index (χ4n) is 3.85. The number of halogens is 1. The van der Waals surface area contributed by atoms with E-state index in [1.807, 2.05) is 22.8 Å². The second-order valence-corrected chi connectivity index (χ2v) is 12.0. The first kappa shape index (κ1) is 24.3. The molecule has 2 aromatic carbocycles. The monoisotopic (exact) mass is 551 g/mol. The fourth-order valence-corrected chi connectivity index (χ4v) is 6.65. The minimum Gasteiger partial charge on any atom is -0.377 e. The van der Waals surface area contributed by atoms with E-state index in [0.717, 1.165) is 40.5 Å². The standard InChI is InChI=1S/C23H26BrN3O4S2/c1-3-12-27-20-11-8-17(24)14-21(20)32-23(27)25-22(28)16-6-9-19(10-7-16)33(29,30)26(2)15-18-5-4-13-31-18/h6-11,14,18H,3-5,12-13,15H2,1-2H3. The third-order valence-electron chi connectivity index (χ3n) is 5.58. The van der Waals surface area contributed by atoms with Crippen LogP contribution in [0.4, 0.5) is 0 Å². The predicted octanol–water partition coefficient (Wildman–Crippen LogP) is 4.42. The van der Waals surface area contributed by atoms with Crippen LogP contribution in [0.25, 0.3) is 10.2 Å². The van der Waals surface area contributed by atoms with Crippen molar-refractivity contribution in [1.82, 2.24) is 8.87 Å². The molecule has 1 unspecified atom stereocenters. The van der Waals surface area contributed by atoms with Gasteiger partial charge in [0.1, 0.15) is 0 Å². The number of rotatable bonds is 7. The number of fused-ring (bicyclic) bond motifs is 1. The molecule has 176 valence electrons. The number of benzene rings is 2. The van der Waals surface area contributed by atoms with Crippen molar-refractivity contribution < 1.29 is 17.9 Å². The molecule has 0 spiro atoms. The molecule has 10 heteroatoms. The first-order chi connectivity index (χ1) is 15.8. The van der Waals surface area contributed by atoms with Gasteiger partial charge >= 0.3 is 0 Å². The summed E-state index contributed by atoms with van der Waals surface area (Å²) in [5.41, 5.74) is 1.38. The third-order valence-corrected chi connectivity index (χ3v) is 8.96. The molecule has 0 radical (unpaired) electrons. The second kappa shape index (κ2) is 10.2. The molecule has 1 aliphatic heterocycles. The van der Waals surface area contributed by atoms with E-state index in [9.17, 15) is 13.2 Å². The van der Waals surface area contributed by atoms with Crippen LogP contribution in [-0.4, -0.2) is 49.5 Å². The van der Waals surface area contributed by atoms with Gasteiger partial charge in [-0.15, -0.1) is 0 Å². The Morgan fingerprint density at radius 3 is 2.70 bits per heavy atom. The van der Waals surface area contributed by atoms with E-state index in [2.05, 4.69) is 27.8 Å². The molecule has 0 saturated carbocycles. The summed E-state index contributed by atoms with van der Waals surface area (Å²) in [5.74, 6) is -0.401. The maximum absolute atomic E-state index is 12.9. The molecule has 7 nitrogen and oxygen atoms in total. The van der Waals surface area contributed by atoms with Crippen LogP contribution in [-0.2, 0) is 21.3 Å². The Bertz CT molecular complexity index is 1320. The van der Waals surface area contributed by atoms with Crippen molar-refractivity contribution >= 4 is 53.4 Å². The molecule has 1 atom stereocenters. The molecule has 0 aliphatic carbocycles. The number of nitrogens with zero attached hydrogens (tertiary/aromatic N) is 3. The number of amides is 1. The van der Waals surface area contributed by atoms with E-state index in [1.54, 1.807) is 7.05 Å². The Balaban J connectivity index is 1.59. The number of ether oxygens (including phenoxy) is 1. The van der Waals surface area contributed by atoms with Crippen molar-refractivity contribution in [3.63, 3.8) is 0 Å². The van der Waals surface area contributed by atoms with E-state index in [-0.39, 0.29) is 11.0 Å². The Hall–Kier alpha value is -1.85. The number of likely N-dealkylation sites (N-methyl/N-ethyl adjacent to an activating group) is 1. The number of aryl methyl sites for hydroxylation is 1. The zero-order chi connectivity index (χ0) is 23.6. The van der Waals surface area contributed by atoms with Gasteiger partial charge in [0.2, 0.25) is 10.0 Å². The van der Waals surface area contributed by atoms with Gasteiger partial charge in [0, 0.05) is 36.8 Å². The lowest BCUT2D eigenvalue weighted by Gasteiger charge is -2.20. The average molecular weight is 553 g/mol. The first-order valence-electron chi connectivity index (χ1n) is 10.9. The predicted molar refractivity (Wildman–Crippen MR) is 133 cm³/mol. The van der Waals surface area contributed by atoms with Crippen LogP contribution < -0.4 is 4.80 Å². The molecular formula is C23H26BrN3O4S2. The van der Waals surface area contributed by atoms with Crippen LogP contribution in [0.1, 0.15) is 36.5 Å². The molecule has 4 rings (SSSR count). The van der Waals surface area contributed by atoms with Crippen LogP contribution in [0.5, 0.6) is 0 Å². The number of sulfonamides is 1. The lowest BCUT2D eigenvalue weighted by atomic mass is 10.2. The maximum Gasteiger partial charge on any atom is 0.279 e. The summed E-state index contributed by atoms with van der Waals surface area (Å²) >= 11 is 4.95. The third kappa shape index (κ3) is 5.30. The van der Waals surface area contributed by atoms with Gasteiger partial charge < -0.3 is 9.30 Å². The van der Waals surface area contributed by atoms with Crippen molar-refractivity contribution in [1.29, 1.82) is 0 Å². The normalized spacial score (nSPS) is 17.3.